The number of nitrogens with two attached hydrogens (primary N) is 1. The number of aryl methyl sites for hydroxylation is 1. The van der Waals surface area contributed by atoms with Crippen molar-refractivity contribution in [1.82, 2.24) is 14.8 Å². The van der Waals surface area contributed by atoms with Crippen LogP contribution in [0.3, 0.4) is 0 Å². The number of benzene rings is 3. The number of aromatic nitrogens is 1. The smallest absolute Gasteiger partial charge is 0.248 e. The molecule has 8 heteroatoms. The maximum atomic E-state index is 14.4. The van der Waals surface area contributed by atoms with Gasteiger partial charge in [-0.25, -0.2) is 13.8 Å². The summed E-state index contributed by atoms with van der Waals surface area (Å²) < 4.78 is 29.1. The third kappa shape index (κ3) is 7.63. The van der Waals surface area contributed by atoms with Crippen molar-refractivity contribution in [2.75, 3.05) is 19.6 Å². The molecule has 0 aliphatic carbocycles. The normalized spacial score (nSPS) is 13.3. The van der Waals surface area contributed by atoms with E-state index in [4.69, 9.17) is 10.7 Å². The van der Waals surface area contributed by atoms with Crippen molar-refractivity contribution in [3.05, 3.63) is 107 Å². The Hall–Kier alpha value is -3.72. The number of primary amides is 1. The van der Waals surface area contributed by atoms with E-state index in [2.05, 4.69) is 44.3 Å². The lowest BCUT2D eigenvalue weighted by Gasteiger charge is -2.46. The number of nitrogens with one attached hydrogen (secondary N) is 1. The molecule has 4 rings (SSSR count). The maximum absolute atomic E-state index is 14.4. The Morgan fingerprint density at radius 1 is 0.930 bits per heavy atom. The summed E-state index contributed by atoms with van der Waals surface area (Å²) in [6, 6.07) is 18.5. The average Bonchev–Trinajstić information content (AvgIpc) is 2.98. The Balaban J connectivity index is 1.82. The van der Waals surface area contributed by atoms with Crippen LogP contribution in [0.4, 0.5) is 14.6 Å². The summed E-state index contributed by atoms with van der Waals surface area (Å²) in [7, 11) is 0. The number of quaternary nitrogens is 1. The largest absolute Gasteiger partial charge is 0.386 e. The van der Waals surface area contributed by atoms with Crippen LogP contribution in [0.2, 0.25) is 0 Å². The van der Waals surface area contributed by atoms with Crippen molar-refractivity contribution in [2.45, 2.75) is 65.1 Å². The lowest BCUT2D eigenvalue weighted by atomic mass is 9.94. The molecule has 228 valence electrons. The number of nitrogens with zero attached hydrogens (tertiary/aromatic N) is 2. The zero-order valence-corrected chi connectivity index (χ0v) is 25.3. The number of pyridine rings is 1. The fourth-order valence-corrected chi connectivity index (χ4v) is 6.34. The second-order valence-electron chi connectivity index (χ2n) is 11.3. The number of halogens is 2. The van der Waals surface area contributed by atoms with Crippen molar-refractivity contribution in [1.29, 1.82) is 0 Å². The third-order valence-electron chi connectivity index (χ3n) is 8.23. The molecule has 1 heterocycles. The van der Waals surface area contributed by atoms with Gasteiger partial charge in [0.05, 0.1) is 18.5 Å². The van der Waals surface area contributed by atoms with Crippen LogP contribution in [0, 0.1) is 11.6 Å². The molecule has 0 saturated carbocycles. The highest BCUT2D eigenvalue weighted by atomic mass is 19.1. The van der Waals surface area contributed by atoms with Gasteiger partial charge in [-0.15, -0.1) is 0 Å². The van der Waals surface area contributed by atoms with E-state index < -0.39 is 29.7 Å². The van der Waals surface area contributed by atoms with E-state index in [0.717, 1.165) is 41.7 Å². The molecular weight excluding hydrogens is 546 g/mol. The van der Waals surface area contributed by atoms with Crippen LogP contribution in [0.1, 0.15) is 60.7 Å². The molecule has 6 nitrogen and oxygen atoms in total. The van der Waals surface area contributed by atoms with E-state index in [0.29, 0.717) is 36.6 Å². The number of amides is 1. The number of aliphatic hydroxyl groups is 1. The van der Waals surface area contributed by atoms with Crippen LogP contribution < -0.4 is 15.5 Å². The molecule has 43 heavy (non-hydrogen) atoms. The molecule has 2 unspecified atom stereocenters. The monoisotopic (exact) mass is 589 g/mol. The first-order valence-electron chi connectivity index (χ1n) is 15.2. The first kappa shape index (κ1) is 32.2. The van der Waals surface area contributed by atoms with Crippen molar-refractivity contribution < 1.29 is 18.7 Å². The first-order valence-corrected chi connectivity index (χ1v) is 15.2. The number of rotatable bonds is 15. The summed E-state index contributed by atoms with van der Waals surface area (Å²) in [5, 5.41) is 17.1. The molecule has 4 aromatic rings. The molecule has 0 fully saturated rings. The van der Waals surface area contributed by atoms with Gasteiger partial charge in [-0.1, -0.05) is 51.1 Å². The van der Waals surface area contributed by atoms with E-state index in [9.17, 15) is 18.7 Å². The number of fused-ring (bicyclic) bond motifs is 1. The van der Waals surface area contributed by atoms with Gasteiger partial charge in [0.2, 0.25) is 11.7 Å². The molecule has 0 saturated heterocycles. The van der Waals surface area contributed by atoms with Crippen LogP contribution in [0.15, 0.2) is 72.9 Å². The molecule has 1 amide bonds. The van der Waals surface area contributed by atoms with Crippen LogP contribution in [-0.2, 0) is 19.4 Å². The molecule has 0 aliphatic heterocycles. The number of hydrogen-bond donors (Lipinski definition) is 3. The topological polar surface area (TPSA) is 88.2 Å². The lowest BCUT2D eigenvalue weighted by molar-refractivity contribution is 0.0500. The van der Waals surface area contributed by atoms with Gasteiger partial charge in [-0.3, -0.25) is 9.28 Å². The summed E-state index contributed by atoms with van der Waals surface area (Å²) in [4.78, 5) is 17.0. The van der Waals surface area contributed by atoms with Crippen LogP contribution >= 0.6 is 0 Å². The third-order valence-corrected chi connectivity index (χ3v) is 8.23. The summed E-state index contributed by atoms with van der Waals surface area (Å²) >= 11 is 0. The number of carbonyl (C=O) groups is 1. The summed E-state index contributed by atoms with van der Waals surface area (Å²) in [5.74, 6) is -1.14. The van der Waals surface area contributed by atoms with Crippen LogP contribution in [0.5, 0.6) is 0 Å². The minimum absolute atomic E-state index is 0.219. The van der Waals surface area contributed by atoms with Gasteiger partial charge in [0.15, 0.2) is 0 Å². The summed E-state index contributed by atoms with van der Waals surface area (Å²) in [6.07, 6.45) is 3.54. The van der Waals surface area contributed by atoms with Gasteiger partial charge in [-0.05, 0) is 71.7 Å². The van der Waals surface area contributed by atoms with Gasteiger partial charge in [0, 0.05) is 37.3 Å². The molecule has 2 atom stereocenters. The van der Waals surface area contributed by atoms with E-state index in [1.807, 2.05) is 18.2 Å². The predicted molar refractivity (Wildman–Crippen MR) is 170 cm³/mol. The van der Waals surface area contributed by atoms with Crippen LogP contribution in [-0.4, -0.2) is 47.8 Å². The van der Waals surface area contributed by atoms with Crippen molar-refractivity contribution in [3.8, 4) is 0 Å². The Morgan fingerprint density at radius 2 is 1.63 bits per heavy atom. The van der Waals surface area contributed by atoms with Gasteiger partial charge >= 0.3 is 0 Å². The van der Waals surface area contributed by atoms with Gasteiger partial charge in [-0.2, -0.15) is 0 Å². The molecule has 0 aliphatic rings. The summed E-state index contributed by atoms with van der Waals surface area (Å²) in [5.41, 5.74) is 8.85. The van der Waals surface area contributed by atoms with Crippen molar-refractivity contribution in [2.24, 2.45) is 5.73 Å². The highest BCUT2D eigenvalue weighted by Crippen LogP contribution is 2.36. The molecule has 1 aromatic heterocycles. The van der Waals surface area contributed by atoms with E-state index in [1.165, 1.54) is 17.7 Å². The Labute approximate surface area is 253 Å². The van der Waals surface area contributed by atoms with E-state index in [1.54, 1.807) is 18.3 Å². The number of aliphatic hydroxyl groups excluding tert-OH is 1. The first-order chi connectivity index (χ1) is 20.7. The minimum atomic E-state index is -0.893. The Kier molecular flexibility index (Phi) is 11.0. The zero-order chi connectivity index (χ0) is 31.0. The highest BCUT2D eigenvalue weighted by Gasteiger charge is 2.44. The zero-order valence-electron chi connectivity index (χ0n) is 25.3. The second kappa shape index (κ2) is 14.6. The standard InChI is InChI=1S/C35H42F2N4O2/c1-4-14-41(15-5-2,35-31-20-28(34(38)43)11-10-27(31)12-13-40-35)32(19-26-17-29(36)21-30(37)18-26)33(42)23-39-22-25-9-7-8-24(6-3)16-25/h7-13,16-18,20-21,32-33,39,42H,4-6,14-15,19,22-23H2,1-3H3,(H-,38,43)/p+1. The molecule has 0 bridgehead atoms. The molecule has 0 spiro atoms. The summed E-state index contributed by atoms with van der Waals surface area (Å²) in [6.45, 7) is 8.35. The average molecular weight is 590 g/mol. The number of carbonyl (C=O) groups excluding carboxylic acids is 1. The molecule has 3 aromatic carbocycles. The van der Waals surface area contributed by atoms with Crippen molar-refractivity contribution >= 4 is 22.5 Å². The Morgan fingerprint density at radius 3 is 2.28 bits per heavy atom. The fourth-order valence-electron chi connectivity index (χ4n) is 6.34. The number of hydrogen-bond acceptors (Lipinski definition) is 4. The van der Waals surface area contributed by atoms with Gasteiger partial charge < -0.3 is 16.2 Å². The quantitative estimate of drug-likeness (QED) is 0.147. The Bertz CT molecular complexity index is 1520. The molecular formula is C35H43F2N4O2+. The van der Waals surface area contributed by atoms with E-state index in [-0.39, 0.29) is 17.4 Å². The second-order valence-corrected chi connectivity index (χ2v) is 11.3. The van der Waals surface area contributed by atoms with Crippen molar-refractivity contribution in [3.63, 3.8) is 0 Å². The fraction of sp³-hybridized carbons (Fsp3) is 0.371. The lowest BCUT2D eigenvalue weighted by Crippen LogP contribution is -2.64. The molecule has 0 radical (unpaired) electrons. The SMILES string of the molecule is CCC[N+](CCC)(c1nccc2ccc(C(N)=O)cc12)C(Cc1cc(F)cc(F)c1)C(O)CNCc1cccc(CC)c1. The van der Waals surface area contributed by atoms with E-state index >= 15 is 0 Å². The highest BCUT2D eigenvalue weighted by molar-refractivity contribution is 6.00. The molecule has 4 N–H and O–H groups in total. The van der Waals surface area contributed by atoms with Gasteiger partial charge in [0.25, 0.3) is 0 Å². The predicted octanol–water partition coefficient (Wildman–Crippen LogP) is 6.06. The van der Waals surface area contributed by atoms with Crippen LogP contribution in [0.25, 0.3) is 10.8 Å². The van der Waals surface area contributed by atoms with Gasteiger partial charge in [0.1, 0.15) is 23.8 Å². The maximum Gasteiger partial charge on any atom is 0.248 e. The minimum Gasteiger partial charge on any atom is -0.386 e.